The van der Waals surface area contributed by atoms with Crippen LogP contribution in [0, 0.1) is 42.4 Å². The van der Waals surface area contributed by atoms with E-state index in [1.165, 1.54) is 18.1 Å². The van der Waals surface area contributed by atoms with E-state index in [1.807, 2.05) is 45.9 Å². The first kappa shape index (κ1) is 60.0. The summed E-state index contributed by atoms with van der Waals surface area (Å²) in [5.74, 6) is -6.99. The number of cyclic esters (lactones) is 1. The van der Waals surface area contributed by atoms with Crippen LogP contribution in [0.5, 0.6) is 0 Å². The number of aryl methyl sites for hydroxylation is 1. The Morgan fingerprint density at radius 3 is 2.29 bits per heavy atom. The summed E-state index contributed by atoms with van der Waals surface area (Å²) in [5.41, 5.74) is 1.95. The van der Waals surface area contributed by atoms with Gasteiger partial charge in [-0.25, -0.2) is 17.9 Å². The average Bonchev–Trinajstić information content (AvgIpc) is 3.35. The number of carbonyl (C=O) groups excluding carboxylic acids is 4. The third-order valence-corrected chi connectivity index (χ3v) is 17.4. The number of aliphatic hydroxyl groups excluding tert-OH is 2. The minimum atomic E-state index is -4.08. The number of Topliss-reactive ketones (excluding diaryl/α,β-unsaturated/α-hetero) is 2. The van der Waals surface area contributed by atoms with E-state index < -0.39 is 87.9 Å². The third kappa shape index (κ3) is 16.1. The predicted molar refractivity (Wildman–Crippen MR) is 279 cm³/mol. The molecule has 3 fully saturated rings. The molecule has 0 spiro atoms. The summed E-state index contributed by atoms with van der Waals surface area (Å²) in [7, 11) is -1.06. The topological polar surface area (TPSA) is 215 Å². The summed E-state index contributed by atoms with van der Waals surface area (Å²) >= 11 is 0. The second kappa shape index (κ2) is 27.3. The lowest BCUT2D eigenvalue weighted by Gasteiger charge is -2.43. The van der Waals surface area contributed by atoms with Crippen LogP contribution in [-0.2, 0) is 48.1 Å². The zero-order valence-electron chi connectivity index (χ0n) is 45.0. The lowest BCUT2D eigenvalue weighted by atomic mass is 9.78. The highest BCUT2D eigenvalue weighted by molar-refractivity contribution is 7.89. The summed E-state index contributed by atoms with van der Waals surface area (Å²) in [6.45, 7) is 14.9. The predicted octanol–water partition coefficient (Wildman–Crippen LogP) is 7.64. The smallest absolute Gasteiger partial charge is 0.329 e. The van der Waals surface area contributed by atoms with Crippen LogP contribution in [0.4, 0.5) is 0 Å². The van der Waals surface area contributed by atoms with Gasteiger partial charge >= 0.3 is 5.97 Å². The fraction of sp³-hybridized carbons (Fsp3) is 0.684. The number of aliphatic hydroxyl groups is 3. The summed E-state index contributed by atoms with van der Waals surface area (Å²) in [6.07, 6.45) is 12.7. The first-order valence-corrected chi connectivity index (χ1v) is 28.2. The van der Waals surface area contributed by atoms with Crippen LogP contribution >= 0.6 is 0 Å². The molecule has 2 bridgehead atoms. The lowest BCUT2D eigenvalue weighted by molar-refractivity contribution is -0.264. The van der Waals surface area contributed by atoms with Crippen molar-refractivity contribution in [2.24, 2.45) is 35.5 Å². The molecule has 16 heteroatoms. The number of ether oxygens (including phenoxy) is 4. The summed E-state index contributed by atoms with van der Waals surface area (Å²) < 4.78 is 54.6. The van der Waals surface area contributed by atoms with Crippen molar-refractivity contribution in [3.8, 4) is 0 Å². The molecule has 1 amide bonds. The van der Waals surface area contributed by atoms with Crippen molar-refractivity contribution in [3.63, 3.8) is 0 Å². The molecule has 4 N–H and O–H groups in total. The molecule has 2 saturated heterocycles. The van der Waals surface area contributed by atoms with Gasteiger partial charge < -0.3 is 39.2 Å². The van der Waals surface area contributed by atoms with Crippen molar-refractivity contribution in [2.45, 2.75) is 198 Å². The minimum Gasteiger partial charge on any atom is -0.461 e. The number of nitrogens with zero attached hydrogens (tertiary/aromatic N) is 1. The fourth-order valence-corrected chi connectivity index (χ4v) is 12.6. The van der Waals surface area contributed by atoms with Gasteiger partial charge in [-0.05, 0) is 151 Å². The fourth-order valence-electron chi connectivity index (χ4n) is 11.2. The van der Waals surface area contributed by atoms with Gasteiger partial charge in [-0.3, -0.25) is 14.4 Å². The van der Waals surface area contributed by atoms with E-state index in [4.69, 9.17) is 18.9 Å². The number of methoxy groups -OCH3 is 2. The summed E-state index contributed by atoms with van der Waals surface area (Å²) in [6, 6.07) is 4.57. The van der Waals surface area contributed by atoms with Gasteiger partial charge in [0.1, 0.15) is 24.4 Å². The van der Waals surface area contributed by atoms with Gasteiger partial charge in [-0.1, -0.05) is 88.8 Å². The number of fused-ring (bicyclic) bond motifs is 3. The monoisotopic (exact) mass is 1040 g/mol. The number of carbonyl (C=O) groups is 4. The first-order chi connectivity index (χ1) is 34.5. The van der Waals surface area contributed by atoms with Crippen LogP contribution in [0.15, 0.2) is 76.8 Å². The zero-order chi connectivity index (χ0) is 53.8. The first-order valence-electron chi connectivity index (χ1n) is 26.7. The molecule has 4 aliphatic rings. The van der Waals surface area contributed by atoms with E-state index in [1.54, 1.807) is 71.2 Å². The summed E-state index contributed by atoms with van der Waals surface area (Å²) in [5, 5.41) is 34.3. The quantitative estimate of drug-likeness (QED) is 0.112. The number of sulfonamides is 1. The Kier molecular flexibility index (Phi) is 22.4. The van der Waals surface area contributed by atoms with E-state index in [2.05, 4.69) is 4.72 Å². The largest absolute Gasteiger partial charge is 0.461 e. The Hall–Kier alpha value is -3.87. The van der Waals surface area contributed by atoms with E-state index in [-0.39, 0.29) is 59.8 Å². The maximum atomic E-state index is 14.5. The Bertz CT molecular complexity index is 2280. The SMILES string of the molecule is CO[C@@H]1C[C@@H](C[C@@H](C)[C@@H]2CC[C@H](C)/C=C(\C)[C@@H](O)[C@@H](OC)C(=O)[C@H](C)C[C@H](C)/C=C/C=C/C=C(\C)[C@H](NS(=O)(=O)c3cccc(C)c3)C[C@@H]3CC[C@@H](C)[C@@](O)(O3)C(=O)C(=O)N3CCCC[C@H]3C(=O)O2)CC[C@H]1O. The number of hydrogen-bond donors (Lipinski definition) is 4. The van der Waals surface area contributed by atoms with Crippen molar-refractivity contribution in [2.75, 3.05) is 20.8 Å². The van der Waals surface area contributed by atoms with Crippen LogP contribution in [0.1, 0.15) is 138 Å². The van der Waals surface area contributed by atoms with Gasteiger partial charge in [0.05, 0.1) is 23.2 Å². The molecule has 1 aromatic carbocycles. The standard InChI is InChI=1S/C57H86N2O13S/c1-35-17-12-11-13-19-38(4)46(58-73(67,68)45-20-16-18-36(2)31-45)34-44-25-23-42(8)57(66,72-44)54(63)55(64)59-28-15-14-21-47(59)56(65)71-49(39(5)32-43-24-26-48(60)50(33-43)69-9)27-22-37(3)30-41(7)52(62)53(70-10)51(61)40(6)29-35/h11-13,16-20,30-31,35,37,39-40,42-44,46-50,52-53,58,60,62,66H,14-15,21-29,32-34H2,1-10H3/b13-11+,17-12+,38-19+,41-30+/t35-,37+,39-,40-,42-,43-,44+,46-,47+,48-,49+,50-,52-,53+,57-/m1/s1. The molecule has 0 unspecified atom stereocenters. The van der Waals surface area contributed by atoms with Crippen molar-refractivity contribution in [1.29, 1.82) is 0 Å². The average molecular weight is 1040 g/mol. The van der Waals surface area contributed by atoms with Gasteiger partial charge in [-0.15, -0.1) is 0 Å². The minimum absolute atomic E-state index is 0.0210. The maximum Gasteiger partial charge on any atom is 0.329 e. The van der Waals surface area contributed by atoms with Gasteiger partial charge in [0.15, 0.2) is 5.78 Å². The van der Waals surface area contributed by atoms with Crippen molar-refractivity contribution < 1.29 is 61.9 Å². The Morgan fingerprint density at radius 1 is 0.849 bits per heavy atom. The van der Waals surface area contributed by atoms with Crippen molar-refractivity contribution >= 4 is 33.5 Å². The molecule has 73 heavy (non-hydrogen) atoms. The molecule has 408 valence electrons. The maximum absolute atomic E-state index is 14.5. The zero-order valence-corrected chi connectivity index (χ0v) is 45.9. The molecule has 1 saturated carbocycles. The highest BCUT2D eigenvalue weighted by Crippen LogP contribution is 2.38. The van der Waals surface area contributed by atoms with Crippen molar-refractivity contribution in [3.05, 3.63) is 77.4 Å². The second-order valence-corrected chi connectivity index (χ2v) is 23.7. The lowest BCUT2D eigenvalue weighted by Crippen LogP contribution is -2.61. The van der Waals surface area contributed by atoms with Gasteiger partial charge in [0, 0.05) is 38.6 Å². The van der Waals surface area contributed by atoms with E-state index in [0.29, 0.717) is 75.4 Å². The van der Waals surface area contributed by atoms with Crippen LogP contribution < -0.4 is 4.72 Å². The van der Waals surface area contributed by atoms with Crippen LogP contribution in [0.3, 0.4) is 0 Å². The molecule has 0 radical (unpaired) electrons. The van der Waals surface area contributed by atoms with Crippen LogP contribution in [0.2, 0.25) is 0 Å². The Balaban J connectivity index is 1.50. The molecule has 15 atom stereocenters. The number of nitrogens with one attached hydrogen (secondary N) is 1. The number of piperidine rings is 1. The Labute approximate surface area is 435 Å². The van der Waals surface area contributed by atoms with E-state index >= 15 is 0 Å². The van der Waals surface area contributed by atoms with Gasteiger partial charge in [0.25, 0.3) is 11.7 Å². The third-order valence-electron chi connectivity index (χ3n) is 15.9. The Morgan fingerprint density at radius 2 is 1.59 bits per heavy atom. The molecular formula is C57H86N2O13S. The number of ketones is 2. The van der Waals surface area contributed by atoms with E-state index in [9.17, 15) is 42.9 Å². The molecule has 1 aromatic rings. The molecular weight excluding hydrogens is 953 g/mol. The number of amides is 1. The molecule has 1 aliphatic carbocycles. The number of rotatable bonds is 8. The molecule has 3 aliphatic heterocycles. The molecule has 0 aromatic heterocycles. The highest BCUT2D eigenvalue weighted by atomic mass is 32.2. The second-order valence-electron chi connectivity index (χ2n) is 22.0. The molecule has 3 heterocycles. The summed E-state index contributed by atoms with van der Waals surface area (Å²) in [4.78, 5) is 58.6. The molecule has 5 rings (SSSR count). The number of esters is 1. The number of benzene rings is 1. The van der Waals surface area contributed by atoms with Gasteiger partial charge in [0.2, 0.25) is 15.8 Å². The highest BCUT2D eigenvalue weighted by Gasteiger charge is 2.53. The number of allylic oxidation sites excluding steroid dienone is 6. The van der Waals surface area contributed by atoms with Gasteiger partial charge in [-0.2, -0.15) is 0 Å². The van der Waals surface area contributed by atoms with Crippen LogP contribution in [-0.4, -0.2) is 127 Å². The van der Waals surface area contributed by atoms with Crippen molar-refractivity contribution in [1.82, 2.24) is 9.62 Å². The number of hydrogen-bond acceptors (Lipinski definition) is 13. The van der Waals surface area contributed by atoms with Crippen LogP contribution in [0.25, 0.3) is 0 Å². The van der Waals surface area contributed by atoms with E-state index in [0.717, 1.165) is 12.0 Å². The normalized spacial score (nSPS) is 37.4. The molecule has 15 nitrogen and oxygen atoms in total.